The molecule has 4 aromatic rings. The fourth-order valence-corrected chi connectivity index (χ4v) is 3.45. The summed E-state index contributed by atoms with van der Waals surface area (Å²) in [6.45, 7) is 1.75. The molecule has 0 saturated heterocycles. The Kier molecular flexibility index (Phi) is 5.55. The van der Waals surface area contributed by atoms with E-state index in [4.69, 9.17) is 14.2 Å². The number of hydrogen-bond donors (Lipinski definition) is 2. The molecule has 0 aliphatic rings. The van der Waals surface area contributed by atoms with Crippen molar-refractivity contribution in [3.63, 3.8) is 0 Å². The fourth-order valence-electron chi connectivity index (χ4n) is 3.45. The minimum Gasteiger partial charge on any atom is -0.497 e. The smallest absolute Gasteiger partial charge is 0.276 e. The van der Waals surface area contributed by atoms with Crippen LogP contribution in [0.15, 0.2) is 53.3 Å². The summed E-state index contributed by atoms with van der Waals surface area (Å²) in [7, 11) is 4.64. The van der Waals surface area contributed by atoms with E-state index in [9.17, 15) is 9.59 Å². The largest absolute Gasteiger partial charge is 0.497 e. The van der Waals surface area contributed by atoms with Crippen LogP contribution in [0.2, 0.25) is 0 Å². The summed E-state index contributed by atoms with van der Waals surface area (Å²) in [5.74, 6) is 1.29. The molecule has 0 aliphatic carbocycles. The van der Waals surface area contributed by atoms with Gasteiger partial charge in [0.15, 0.2) is 5.69 Å². The number of rotatable bonds is 6. The molecular formula is C23H22N4O5. The first-order chi connectivity index (χ1) is 15.4. The summed E-state index contributed by atoms with van der Waals surface area (Å²) >= 11 is 0. The first kappa shape index (κ1) is 21.0. The Hall–Kier alpha value is -4.27. The van der Waals surface area contributed by atoms with Crippen LogP contribution in [-0.4, -0.2) is 41.8 Å². The predicted molar refractivity (Wildman–Crippen MR) is 120 cm³/mol. The molecule has 2 heterocycles. The van der Waals surface area contributed by atoms with Crippen molar-refractivity contribution in [1.29, 1.82) is 0 Å². The number of methoxy groups -OCH3 is 3. The normalized spacial score (nSPS) is 10.8. The van der Waals surface area contributed by atoms with Gasteiger partial charge in [-0.3, -0.25) is 9.59 Å². The number of anilines is 1. The van der Waals surface area contributed by atoms with Gasteiger partial charge in [0.2, 0.25) is 0 Å². The van der Waals surface area contributed by atoms with Crippen LogP contribution in [0.5, 0.6) is 17.2 Å². The van der Waals surface area contributed by atoms with E-state index in [1.807, 2.05) is 12.1 Å². The second kappa shape index (κ2) is 8.46. The number of H-pyrrole nitrogens is 1. The van der Waals surface area contributed by atoms with Crippen molar-refractivity contribution in [2.75, 3.05) is 26.6 Å². The third-order valence-corrected chi connectivity index (χ3v) is 5.00. The van der Waals surface area contributed by atoms with Gasteiger partial charge in [0.05, 0.1) is 26.9 Å². The maximum atomic E-state index is 13.3. The summed E-state index contributed by atoms with van der Waals surface area (Å²) in [5, 5.41) is 7.34. The maximum Gasteiger partial charge on any atom is 0.276 e. The molecule has 2 aromatic heterocycles. The van der Waals surface area contributed by atoms with Crippen molar-refractivity contribution in [2.24, 2.45) is 0 Å². The van der Waals surface area contributed by atoms with Gasteiger partial charge in [-0.15, -0.1) is 0 Å². The molecule has 32 heavy (non-hydrogen) atoms. The number of nitrogens with one attached hydrogen (secondary N) is 2. The molecule has 0 radical (unpaired) electrons. The zero-order valence-corrected chi connectivity index (χ0v) is 18.1. The van der Waals surface area contributed by atoms with Crippen LogP contribution in [0.25, 0.3) is 16.8 Å². The lowest BCUT2D eigenvalue weighted by atomic mass is 10.0. The number of nitrogens with zero attached hydrogens (tertiary/aromatic N) is 2. The second-order valence-electron chi connectivity index (χ2n) is 7.04. The Morgan fingerprint density at radius 2 is 1.56 bits per heavy atom. The van der Waals surface area contributed by atoms with Gasteiger partial charge in [0.1, 0.15) is 22.9 Å². The number of carbonyl (C=O) groups is 1. The van der Waals surface area contributed by atoms with Crippen LogP contribution < -0.4 is 25.1 Å². The van der Waals surface area contributed by atoms with Gasteiger partial charge in [-0.2, -0.15) is 5.10 Å². The zero-order chi connectivity index (χ0) is 22.8. The van der Waals surface area contributed by atoms with Crippen LogP contribution in [0.1, 0.15) is 16.2 Å². The number of aryl methyl sites for hydroxylation is 1. The van der Waals surface area contributed by atoms with Gasteiger partial charge in [-0.05, 0) is 24.6 Å². The average molecular weight is 434 g/mol. The van der Waals surface area contributed by atoms with Crippen molar-refractivity contribution < 1.29 is 19.0 Å². The standard InChI is InChI=1S/C23H22N4O5/c1-13-9-19(28)25-22-20(14-5-7-16(30-2)8-6-14)21(26-27(13)22)23(29)24-15-10-17(31-3)12-18(11-15)32-4/h5-12H,1-4H3,(H,24,29)(H,25,28). The minimum absolute atomic E-state index is 0.155. The molecule has 0 spiro atoms. The Balaban J connectivity index is 1.85. The van der Waals surface area contributed by atoms with Crippen molar-refractivity contribution in [3.8, 4) is 28.4 Å². The fraction of sp³-hybridized carbons (Fsp3) is 0.174. The van der Waals surface area contributed by atoms with E-state index >= 15 is 0 Å². The number of aromatic nitrogens is 3. The SMILES string of the molecule is COc1ccc(-c2c(C(=O)Nc3cc(OC)cc(OC)c3)nn3c(C)cc(=O)[nH]c23)cc1. The lowest BCUT2D eigenvalue weighted by Crippen LogP contribution is -2.14. The van der Waals surface area contributed by atoms with Crippen molar-refractivity contribution >= 4 is 17.2 Å². The quantitative estimate of drug-likeness (QED) is 0.482. The van der Waals surface area contributed by atoms with Gasteiger partial charge < -0.3 is 24.5 Å². The Labute approximate surface area is 183 Å². The molecular weight excluding hydrogens is 412 g/mol. The molecule has 0 unspecified atom stereocenters. The summed E-state index contributed by atoms with van der Waals surface area (Å²) in [5.41, 5.74) is 2.58. The van der Waals surface area contributed by atoms with Crippen LogP contribution in [0.4, 0.5) is 5.69 Å². The van der Waals surface area contributed by atoms with Crippen LogP contribution in [0, 0.1) is 6.92 Å². The minimum atomic E-state index is -0.449. The highest BCUT2D eigenvalue weighted by molar-refractivity contribution is 6.09. The van der Waals surface area contributed by atoms with Gasteiger partial charge in [-0.25, -0.2) is 4.52 Å². The van der Waals surface area contributed by atoms with Crippen LogP contribution in [0.3, 0.4) is 0 Å². The molecule has 0 saturated carbocycles. The molecule has 4 rings (SSSR count). The monoisotopic (exact) mass is 434 g/mol. The van der Waals surface area contributed by atoms with Gasteiger partial charge in [0, 0.05) is 35.6 Å². The number of aromatic amines is 1. The summed E-state index contributed by atoms with van der Waals surface area (Å²) in [6.07, 6.45) is 0. The van der Waals surface area contributed by atoms with Crippen molar-refractivity contribution in [3.05, 3.63) is 70.3 Å². The third-order valence-electron chi connectivity index (χ3n) is 5.00. The highest BCUT2D eigenvalue weighted by atomic mass is 16.5. The predicted octanol–water partition coefficient (Wildman–Crippen LogP) is 3.28. The number of benzene rings is 2. The van der Waals surface area contributed by atoms with Gasteiger partial charge >= 0.3 is 0 Å². The number of ether oxygens (including phenoxy) is 3. The first-order valence-electron chi connectivity index (χ1n) is 9.75. The number of hydrogen-bond acceptors (Lipinski definition) is 6. The van der Waals surface area contributed by atoms with E-state index in [0.29, 0.717) is 45.4 Å². The zero-order valence-electron chi connectivity index (χ0n) is 18.1. The molecule has 0 fully saturated rings. The lowest BCUT2D eigenvalue weighted by molar-refractivity contribution is 0.102. The lowest BCUT2D eigenvalue weighted by Gasteiger charge is -2.10. The summed E-state index contributed by atoms with van der Waals surface area (Å²) in [6, 6.07) is 13.7. The molecule has 0 aliphatic heterocycles. The molecule has 0 atom stereocenters. The highest BCUT2D eigenvalue weighted by Gasteiger charge is 2.23. The maximum absolute atomic E-state index is 13.3. The number of fused-ring (bicyclic) bond motifs is 1. The molecule has 164 valence electrons. The Morgan fingerprint density at radius 1 is 0.938 bits per heavy atom. The molecule has 0 bridgehead atoms. The van der Waals surface area contributed by atoms with Gasteiger partial charge in [0.25, 0.3) is 11.5 Å². The van der Waals surface area contributed by atoms with E-state index in [-0.39, 0.29) is 11.3 Å². The van der Waals surface area contributed by atoms with Crippen molar-refractivity contribution in [2.45, 2.75) is 6.92 Å². The number of carbonyl (C=O) groups excluding carboxylic acids is 1. The topological polar surface area (TPSA) is 107 Å². The molecule has 2 N–H and O–H groups in total. The Morgan fingerprint density at radius 3 is 2.16 bits per heavy atom. The number of amides is 1. The van der Waals surface area contributed by atoms with E-state index in [1.165, 1.54) is 20.3 Å². The van der Waals surface area contributed by atoms with Crippen LogP contribution >= 0.6 is 0 Å². The average Bonchev–Trinajstić information content (AvgIpc) is 3.18. The Bertz CT molecular complexity index is 1330. The second-order valence-corrected chi connectivity index (χ2v) is 7.04. The van der Waals surface area contributed by atoms with Gasteiger partial charge in [-0.1, -0.05) is 12.1 Å². The molecule has 1 amide bonds. The highest BCUT2D eigenvalue weighted by Crippen LogP contribution is 2.31. The summed E-state index contributed by atoms with van der Waals surface area (Å²) in [4.78, 5) is 28.3. The molecule has 9 heteroatoms. The van der Waals surface area contributed by atoms with E-state index in [2.05, 4.69) is 15.4 Å². The van der Waals surface area contributed by atoms with E-state index < -0.39 is 5.91 Å². The summed E-state index contributed by atoms with van der Waals surface area (Å²) < 4.78 is 17.3. The first-order valence-corrected chi connectivity index (χ1v) is 9.75. The van der Waals surface area contributed by atoms with Crippen molar-refractivity contribution in [1.82, 2.24) is 14.6 Å². The van der Waals surface area contributed by atoms with Crippen LogP contribution in [-0.2, 0) is 0 Å². The molecule has 9 nitrogen and oxygen atoms in total. The molecule has 2 aromatic carbocycles. The third kappa shape index (κ3) is 3.87. The van der Waals surface area contributed by atoms with E-state index in [1.54, 1.807) is 48.9 Å². The van der Waals surface area contributed by atoms with E-state index in [0.717, 1.165) is 0 Å².